The highest BCUT2D eigenvalue weighted by atomic mass is 14.9. The predicted molar refractivity (Wildman–Crippen MR) is 62.9 cm³/mol. The highest BCUT2D eigenvalue weighted by Gasteiger charge is 1.97. The monoisotopic (exact) mass is 190 g/mol. The number of aromatic nitrogens is 2. The zero-order valence-electron chi connectivity index (χ0n) is 9.41. The van der Waals surface area contributed by atoms with Crippen LogP contribution in [-0.2, 0) is 0 Å². The van der Waals surface area contributed by atoms with E-state index in [1.54, 1.807) is 12.3 Å². The lowest BCUT2D eigenvalue weighted by Crippen LogP contribution is -1.92. The van der Waals surface area contributed by atoms with Gasteiger partial charge in [0.15, 0.2) is 0 Å². The molecule has 0 aliphatic heterocycles. The van der Waals surface area contributed by atoms with Crippen molar-refractivity contribution >= 4 is 12.2 Å². The summed E-state index contributed by atoms with van der Waals surface area (Å²) in [4.78, 5) is 8.34. The molecule has 0 atom stereocenters. The zero-order chi connectivity index (χ0) is 11.0. The molecule has 0 spiro atoms. The van der Waals surface area contributed by atoms with Crippen LogP contribution in [0.3, 0.4) is 0 Å². The molecule has 1 heterocycles. The minimum atomic E-state index is 0.786. The Kier molecular flexibility index (Phi) is 6.29. The maximum atomic E-state index is 4.26. The second kappa shape index (κ2) is 7.01. The Labute approximate surface area is 86.4 Å². The first-order valence-electron chi connectivity index (χ1n) is 4.86. The van der Waals surface area contributed by atoms with Gasteiger partial charge in [-0.1, -0.05) is 32.6 Å². The number of nitrogens with zero attached hydrogens (tertiary/aromatic N) is 2. The molecule has 0 aromatic carbocycles. The predicted octanol–water partition coefficient (Wildman–Crippen LogP) is 3.49. The first-order chi connectivity index (χ1) is 6.77. The first-order valence-corrected chi connectivity index (χ1v) is 4.86. The van der Waals surface area contributed by atoms with E-state index < -0.39 is 0 Å². The first kappa shape index (κ1) is 12.6. The molecule has 0 amide bonds. The lowest BCUT2D eigenvalue weighted by molar-refractivity contribution is 1.04. The third kappa shape index (κ3) is 3.52. The third-order valence-corrected chi connectivity index (χ3v) is 1.51. The van der Waals surface area contributed by atoms with E-state index in [0.29, 0.717) is 0 Å². The summed E-state index contributed by atoms with van der Waals surface area (Å²) < 4.78 is 0. The lowest BCUT2D eigenvalue weighted by Gasteiger charge is -1.99. The molecule has 1 rings (SSSR count). The van der Waals surface area contributed by atoms with Crippen LogP contribution in [0.1, 0.15) is 37.9 Å². The van der Waals surface area contributed by atoms with E-state index in [1.165, 1.54) is 0 Å². The molecular formula is C12H18N2. The van der Waals surface area contributed by atoms with Crippen LogP contribution in [0.15, 0.2) is 18.9 Å². The Morgan fingerprint density at radius 2 is 2.00 bits per heavy atom. The molecule has 76 valence electrons. The molecule has 0 aliphatic carbocycles. The van der Waals surface area contributed by atoms with Gasteiger partial charge >= 0.3 is 0 Å². The second-order valence-corrected chi connectivity index (χ2v) is 2.46. The molecule has 0 bridgehead atoms. The van der Waals surface area contributed by atoms with E-state index in [-0.39, 0.29) is 0 Å². The number of rotatable bonds is 2. The summed E-state index contributed by atoms with van der Waals surface area (Å²) in [6.07, 6.45) is 7.44. The average molecular weight is 190 g/mol. The largest absolute Gasteiger partial charge is 0.241 e. The van der Waals surface area contributed by atoms with Crippen LogP contribution >= 0.6 is 0 Å². The van der Waals surface area contributed by atoms with Crippen molar-refractivity contribution in [2.75, 3.05) is 0 Å². The molecule has 14 heavy (non-hydrogen) atoms. The summed E-state index contributed by atoms with van der Waals surface area (Å²) >= 11 is 0. The minimum Gasteiger partial charge on any atom is -0.241 e. The molecular weight excluding hydrogens is 172 g/mol. The fraction of sp³-hybridized carbons (Fsp3) is 0.333. The van der Waals surface area contributed by atoms with Crippen LogP contribution in [0.4, 0.5) is 0 Å². The highest BCUT2D eigenvalue weighted by Crippen LogP contribution is 2.08. The van der Waals surface area contributed by atoms with Gasteiger partial charge in [0.2, 0.25) is 0 Å². The van der Waals surface area contributed by atoms with Gasteiger partial charge < -0.3 is 0 Å². The number of aryl methyl sites for hydroxylation is 1. The third-order valence-electron chi connectivity index (χ3n) is 1.51. The molecule has 0 aliphatic rings. The number of hydrogen-bond acceptors (Lipinski definition) is 2. The molecule has 0 N–H and O–H groups in total. The molecule has 1 aromatic rings. The van der Waals surface area contributed by atoms with Crippen molar-refractivity contribution < 1.29 is 0 Å². The van der Waals surface area contributed by atoms with Gasteiger partial charge in [-0.3, -0.25) is 0 Å². The quantitative estimate of drug-likeness (QED) is 0.713. The van der Waals surface area contributed by atoms with Crippen LogP contribution in [-0.4, -0.2) is 9.97 Å². The van der Waals surface area contributed by atoms with Crippen LogP contribution in [0.25, 0.3) is 12.2 Å². The van der Waals surface area contributed by atoms with Gasteiger partial charge in [0.1, 0.15) is 5.82 Å². The van der Waals surface area contributed by atoms with E-state index in [9.17, 15) is 0 Å². The normalized spacial score (nSPS) is 9.43. The van der Waals surface area contributed by atoms with Crippen LogP contribution in [0, 0.1) is 6.92 Å². The van der Waals surface area contributed by atoms with E-state index in [1.807, 2.05) is 39.8 Å². The van der Waals surface area contributed by atoms with Crippen LogP contribution in [0.2, 0.25) is 0 Å². The minimum absolute atomic E-state index is 0.786. The molecule has 1 aromatic heterocycles. The van der Waals surface area contributed by atoms with Crippen molar-refractivity contribution in [1.82, 2.24) is 9.97 Å². The Bertz CT molecular complexity index is 314. The fourth-order valence-corrected chi connectivity index (χ4v) is 0.945. The Morgan fingerprint density at radius 1 is 1.36 bits per heavy atom. The summed E-state index contributed by atoms with van der Waals surface area (Å²) in [5, 5.41) is 0. The summed E-state index contributed by atoms with van der Waals surface area (Å²) in [6, 6.07) is 0. The summed E-state index contributed by atoms with van der Waals surface area (Å²) in [6.45, 7) is 11.5. The molecule has 0 radical (unpaired) electrons. The lowest BCUT2D eigenvalue weighted by atomic mass is 10.2. The van der Waals surface area contributed by atoms with Crippen molar-refractivity contribution in [1.29, 1.82) is 0 Å². The van der Waals surface area contributed by atoms with E-state index in [4.69, 9.17) is 0 Å². The number of allylic oxidation sites excluding steroid dienone is 1. The number of hydrogen-bond donors (Lipinski definition) is 0. The highest BCUT2D eigenvalue weighted by molar-refractivity contribution is 5.60. The Morgan fingerprint density at radius 3 is 2.50 bits per heavy atom. The summed E-state index contributed by atoms with van der Waals surface area (Å²) in [7, 11) is 0. The Hall–Kier alpha value is -1.44. The van der Waals surface area contributed by atoms with Crippen molar-refractivity contribution in [3.8, 4) is 0 Å². The molecule has 0 unspecified atom stereocenters. The summed E-state index contributed by atoms with van der Waals surface area (Å²) in [5.41, 5.74) is 1.90. The van der Waals surface area contributed by atoms with E-state index in [0.717, 1.165) is 17.1 Å². The van der Waals surface area contributed by atoms with Gasteiger partial charge in [0.25, 0.3) is 0 Å². The Balaban J connectivity index is 0.000000791. The maximum Gasteiger partial charge on any atom is 0.125 e. The van der Waals surface area contributed by atoms with Gasteiger partial charge in [0, 0.05) is 11.8 Å². The van der Waals surface area contributed by atoms with Crippen molar-refractivity contribution in [3.63, 3.8) is 0 Å². The maximum absolute atomic E-state index is 4.26. The smallest absolute Gasteiger partial charge is 0.125 e. The molecule has 0 saturated heterocycles. The van der Waals surface area contributed by atoms with E-state index >= 15 is 0 Å². The van der Waals surface area contributed by atoms with Gasteiger partial charge in [-0.05, 0) is 19.9 Å². The molecule has 2 heteroatoms. The summed E-state index contributed by atoms with van der Waals surface area (Å²) in [5.74, 6) is 0.786. The van der Waals surface area contributed by atoms with Gasteiger partial charge in [-0.2, -0.15) is 0 Å². The van der Waals surface area contributed by atoms with Crippen molar-refractivity contribution in [3.05, 3.63) is 35.9 Å². The van der Waals surface area contributed by atoms with Crippen molar-refractivity contribution in [2.24, 2.45) is 0 Å². The van der Waals surface area contributed by atoms with E-state index in [2.05, 4.69) is 16.5 Å². The molecule has 2 nitrogen and oxygen atoms in total. The molecule has 0 fully saturated rings. The van der Waals surface area contributed by atoms with Crippen LogP contribution < -0.4 is 0 Å². The standard InChI is InChI=1S/C10H12N2.C2H6/c1-4-6-10-9(5-2)7-11-8(3)12-10;1-2/h4-7H,2H2,1,3H3;1-2H3/b6-4-;. The van der Waals surface area contributed by atoms with Crippen LogP contribution in [0.5, 0.6) is 0 Å². The fourth-order valence-electron chi connectivity index (χ4n) is 0.945. The van der Waals surface area contributed by atoms with Gasteiger partial charge in [-0.25, -0.2) is 9.97 Å². The average Bonchev–Trinajstić information content (AvgIpc) is 2.22. The van der Waals surface area contributed by atoms with Gasteiger partial charge in [0.05, 0.1) is 5.69 Å². The zero-order valence-corrected chi connectivity index (χ0v) is 9.41. The topological polar surface area (TPSA) is 25.8 Å². The molecule has 0 saturated carbocycles. The second-order valence-electron chi connectivity index (χ2n) is 2.46. The van der Waals surface area contributed by atoms with Gasteiger partial charge in [-0.15, -0.1) is 0 Å². The van der Waals surface area contributed by atoms with Crippen molar-refractivity contribution in [2.45, 2.75) is 27.7 Å². The SMILES string of the molecule is C=Cc1cnc(C)nc1/C=C\C.CC.